The van der Waals surface area contributed by atoms with Gasteiger partial charge in [-0.15, -0.1) is 0 Å². The molecule has 1 unspecified atom stereocenters. The highest BCUT2D eigenvalue weighted by Crippen LogP contribution is 2.19. The third kappa shape index (κ3) is 11.1. The summed E-state index contributed by atoms with van der Waals surface area (Å²) in [4.78, 5) is 0. The van der Waals surface area contributed by atoms with Gasteiger partial charge in [-0.1, -0.05) is 64.5 Å². The van der Waals surface area contributed by atoms with E-state index in [4.69, 9.17) is 11.1 Å². The predicted molar refractivity (Wildman–Crippen MR) is 141 cm³/mol. The van der Waals surface area contributed by atoms with Crippen LogP contribution in [0.5, 0.6) is 0 Å². The van der Waals surface area contributed by atoms with Crippen molar-refractivity contribution in [3.8, 4) is 0 Å². The molecule has 1 fully saturated rings. The lowest BCUT2D eigenvalue weighted by molar-refractivity contribution is 0.440. The van der Waals surface area contributed by atoms with Gasteiger partial charge in [0.2, 0.25) is 0 Å². The smallest absolute Gasteiger partial charge is 0.128 e. The van der Waals surface area contributed by atoms with Crippen molar-refractivity contribution >= 4 is 17.5 Å². The summed E-state index contributed by atoms with van der Waals surface area (Å²) < 4.78 is 26.1. The summed E-state index contributed by atoms with van der Waals surface area (Å²) in [5.74, 6) is -0.697. The van der Waals surface area contributed by atoms with Crippen LogP contribution in [0.25, 0.3) is 6.08 Å². The summed E-state index contributed by atoms with van der Waals surface area (Å²) in [6.07, 6.45) is 7.22. The van der Waals surface area contributed by atoms with Gasteiger partial charge in [-0.3, -0.25) is 0 Å². The van der Waals surface area contributed by atoms with Gasteiger partial charge in [0, 0.05) is 17.3 Å². The maximum atomic E-state index is 13.3. The van der Waals surface area contributed by atoms with Gasteiger partial charge in [-0.2, -0.15) is 0 Å². The van der Waals surface area contributed by atoms with Crippen molar-refractivity contribution < 1.29 is 8.78 Å². The van der Waals surface area contributed by atoms with Crippen LogP contribution >= 0.6 is 0 Å². The molecule has 3 rings (SSSR count). The molecule has 0 aromatic heterocycles. The fourth-order valence-corrected chi connectivity index (χ4v) is 3.05. The van der Waals surface area contributed by atoms with E-state index >= 15 is 0 Å². The van der Waals surface area contributed by atoms with Gasteiger partial charge in [0.25, 0.3) is 0 Å². The lowest BCUT2D eigenvalue weighted by Gasteiger charge is -2.23. The summed E-state index contributed by atoms with van der Waals surface area (Å²) in [6.45, 7) is 16.8. The van der Waals surface area contributed by atoms with E-state index in [1.807, 2.05) is 27.7 Å². The normalized spacial score (nSPS) is 14.6. The van der Waals surface area contributed by atoms with Crippen molar-refractivity contribution in [3.63, 3.8) is 0 Å². The first-order valence-electron chi connectivity index (χ1n) is 11.7. The predicted octanol–water partition coefficient (Wildman–Crippen LogP) is 7.69. The number of allylic oxidation sites excluding steroid dienone is 1. The highest BCUT2D eigenvalue weighted by atomic mass is 19.1. The van der Waals surface area contributed by atoms with Gasteiger partial charge >= 0.3 is 0 Å². The summed E-state index contributed by atoms with van der Waals surface area (Å²) in [5, 5.41) is 11.4. The number of nitrogens with two attached hydrogens (primary N) is 1. The molecule has 3 nitrogen and oxygen atoms in total. The quantitative estimate of drug-likeness (QED) is 0.250. The van der Waals surface area contributed by atoms with Crippen LogP contribution in [-0.4, -0.2) is 18.3 Å². The molecular formula is C28H41F2N3. The lowest BCUT2D eigenvalue weighted by atomic mass is 10.00. The van der Waals surface area contributed by atoms with Crippen molar-refractivity contribution in [2.24, 2.45) is 0 Å². The van der Waals surface area contributed by atoms with Crippen LogP contribution in [0.2, 0.25) is 0 Å². The minimum Gasteiger partial charge on any atom is -0.398 e. The number of hydrogen-bond donors (Lipinski definition) is 3. The zero-order chi connectivity index (χ0) is 25.4. The van der Waals surface area contributed by atoms with E-state index in [1.54, 1.807) is 37.3 Å². The lowest BCUT2D eigenvalue weighted by Crippen LogP contribution is -2.34. The van der Waals surface area contributed by atoms with Crippen molar-refractivity contribution in [1.82, 2.24) is 5.32 Å². The molecule has 2 aromatic rings. The molecule has 0 saturated carbocycles. The largest absolute Gasteiger partial charge is 0.398 e. The fraction of sp³-hybridized carbons (Fsp3) is 0.393. The van der Waals surface area contributed by atoms with E-state index in [0.29, 0.717) is 17.2 Å². The first-order chi connectivity index (χ1) is 15.8. The van der Waals surface area contributed by atoms with Gasteiger partial charge in [-0.05, 0) is 74.7 Å². The number of hydrogen-bond acceptors (Lipinski definition) is 3. The minimum absolute atomic E-state index is 0.176. The second-order valence-corrected chi connectivity index (χ2v) is 7.34. The Balaban J connectivity index is 0.000000658. The molecule has 0 radical (unpaired) electrons. The molecule has 1 atom stereocenters. The van der Waals surface area contributed by atoms with Crippen molar-refractivity contribution in [1.29, 1.82) is 5.41 Å². The fourth-order valence-electron chi connectivity index (χ4n) is 3.05. The van der Waals surface area contributed by atoms with Crippen LogP contribution in [0.15, 0.2) is 54.6 Å². The molecule has 0 aliphatic carbocycles. The molecule has 1 aliphatic rings. The maximum absolute atomic E-state index is 13.3. The summed E-state index contributed by atoms with van der Waals surface area (Å²) in [6, 6.07) is 9.28. The molecule has 4 N–H and O–H groups in total. The molecule has 2 aromatic carbocycles. The van der Waals surface area contributed by atoms with Crippen LogP contribution in [0, 0.1) is 24.0 Å². The molecule has 0 amide bonds. The monoisotopic (exact) mass is 457 g/mol. The molecule has 1 heterocycles. The second-order valence-electron chi connectivity index (χ2n) is 7.34. The number of nitrogens with one attached hydrogen (secondary N) is 2. The summed E-state index contributed by atoms with van der Waals surface area (Å²) in [5.41, 5.74) is 9.09. The molecule has 0 bridgehead atoms. The Labute approximate surface area is 199 Å². The van der Waals surface area contributed by atoms with Gasteiger partial charge in [0.05, 0.1) is 5.71 Å². The highest BCUT2D eigenvalue weighted by molar-refractivity contribution is 6.11. The average Bonchev–Trinajstić information content (AvgIpc) is 2.84. The van der Waals surface area contributed by atoms with E-state index in [2.05, 4.69) is 18.8 Å². The van der Waals surface area contributed by atoms with Crippen LogP contribution in [-0.2, 0) is 0 Å². The average molecular weight is 458 g/mol. The van der Waals surface area contributed by atoms with E-state index < -0.39 is 0 Å². The number of nitrogen functional groups attached to an aromatic ring is 1. The van der Waals surface area contributed by atoms with E-state index in [1.165, 1.54) is 49.6 Å². The number of anilines is 1. The molecule has 33 heavy (non-hydrogen) atoms. The summed E-state index contributed by atoms with van der Waals surface area (Å²) >= 11 is 0. The SMILES string of the molecule is C=C(C)C1CCCCN1.CC.CC.Cc1cc(C(=N)/C=C/c2ccc(F)cc2)c(N)cc1F. The Kier molecular flexibility index (Phi) is 15.4. The van der Waals surface area contributed by atoms with Crippen LogP contribution < -0.4 is 11.1 Å². The highest BCUT2D eigenvalue weighted by Gasteiger charge is 2.11. The number of piperidine rings is 1. The Morgan fingerprint density at radius 1 is 1.09 bits per heavy atom. The van der Waals surface area contributed by atoms with Crippen molar-refractivity contribution in [2.75, 3.05) is 12.3 Å². The second kappa shape index (κ2) is 16.8. The maximum Gasteiger partial charge on any atom is 0.128 e. The van der Waals surface area contributed by atoms with Gasteiger partial charge in [0.1, 0.15) is 11.6 Å². The topological polar surface area (TPSA) is 61.9 Å². The third-order valence-corrected chi connectivity index (χ3v) is 4.84. The molecule has 182 valence electrons. The molecular weight excluding hydrogens is 416 g/mol. The van der Waals surface area contributed by atoms with E-state index in [-0.39, 0.29) is 23.0 Å². The number of rotatable bonds is 4. The van der Waals surface area contributed by atoms with Crippen molar-refractivity contribution in [2.45, 2.75) is 66.8 Å². The molecule has 1 aliphatic heterocycles. The Hall–Kier alpha value is -2.79. The van der Waals surface area contributed by atoms with Gasteiger partial charge in [0.15, 0.2) is 0 Å². The number of halogens is 2. The number of aryl methyl sites for hydroxylation is 1. The third-order valence-electron chi connectivity index (χ3n) is 4.84. The Bertz CT molecular complexity index is 881. The summed E-state index contributed by atoms with van der Waals surface area (Å²) in [7, 11) is 0. The van der Waals surface area contributed by atoms with E-state index in [9.17, 15) is 8.78 Å². The minimum atomic E-state index is -0.387. The molecule has 1 saturated heterocycles. The van der Waals surface area contributed by atoms with Crippen LogP contribution in [0.4, 0.5) is 14.5 Å². The van der Waals surface area contributed by atoms with Crippen LogP contribution in [0.3, 0.4) is 0 Å². The molecule has 0 spiro atoms. The zero-order valence-corrected chi connectivity index (χ0v) is 21.1. The van der Waals surface area contributed by atoms with E-state index in [0.717, 1.165) is 5.56 Å². The van der Waals surface area contributed by atoms with Crippen LogP contribution in [0.1, 0.15) is 70.6 Å². The van der Waals surface area contributed by atoms with Crippen molar-refractivity contribution in [3.05, 3.63) is 83.0 Å². The van der Waals surface area contributed by atoms with Gasteiger partial charge in [-0.25, -0.2) is 8.78 Å². The standard InChI is InChI=1S/C16H14F2N2.C8H15N.2C2H6/c1-10-8-13(16(20)9-14(10)18)15(19)7-4-11-2-5-12(17)6-3-11;1-7(2)8-5-3-4-6-9-8;2*1-2/h2-9,19H,20H2,1H3;8-9H,1,3-6H2,2H3;2*1-2H3/b7-4+,19-15?;;;. The zero-order valence-electron chi connectivity index (χ0n) is 21.1. The molecule has 5 heteroatoms. The Morgan fingerprint density at radius 3 is 2.18 bits per heavy atom. The van der Waals surface area contributed by atoms with Gasteiger partial charge < -0.3 is 16.5 Å². The Morgan fingerprint density at radius 2 is 1.70 bits per heavy atom. The number of benzene rings is 2. The first-order valence-corrected chi connectivity index (χ1v) is 11.7. The first kappa shape index (κ1) is 30.2.